The molecule has 0 aliphatic rings. The number of nitrogens with zero attached hydrogens (tertiary/aromatic N) is 1. The smallest absolute Gasteiger partial charge is 0.407 e. The molecule has 0 saturated heterocycles. The molecule has 0 spiro atoms. The summed E-state index contributed by atoms with van der Waals surface area (Å²) in [5.41, 5.74) is -0.160. The third-order valence-electron chi connectivity index (χ3n) is 3.84. The highest BCUT2D eigenvalue weighted by Gasteiger charge is 2.19. The quantitative estimate of drug-likeness (QED) is 0.514. The van der Waals surface area contributed by atoms with Crippen molar-refractivity contribution in [1.82, 2.24) is 14.6 Å². The number of amides is 2. The average Bonchev–Trinajstić information content (AvgIpc) is 2.91. The van der Waals surface area contributed by atoms with Crippen LogP contribution in [-0.2, 0) is 21.8 Å². The zero-order chi connectivity index (χ0) is 23.4. The third-order valence-corrected chi connectivity index (χ3v) is 6.14. The normalized spacial score (nSPS) is 11.8. The van der Waals surface area contributed by atoms with Crippen molar-refractivity contribution in [3.8, 4) is 0 Å². The number of carbonyl (C=O) groups excluding carboxylic acids is 2. The van der Waals surface area contributed by atoms with E-state index in [-0.39, 0.29) is 39.5 Å². The van der Waals surface area contributed by atoms with Crippen molar-refractivity contribution in [1.29, 1.82) is 0 Å². The first-order chi connectivity index (χ1) is 14.3. The number of sulfonamides is 1. The molecule has 0 aliphatic carbocycles. The molecule has 31 heavy (non-hydrogen) atoms. The molecule has 0 aliphatic heterocycles. The van der Waals surface area contributed by atoms with Gasteiger partial charge in [0.25, 0.3) is 5.91 Å². The molecule has 0 bridgehead atoms. The first-order valence-corrected chi connectivity index (χ1v) is 11.4. The van der Waals surface area contributed by atoms with Gasteiger partial charge in [0.05, 0.1) is 9.92 Å². The van der Waals surface area contributed by atoms with Crippen LogP contribution in [0.5, 0.6) is 0 Å². The van der Waals surface area contributed by atoms with Crippen molar-refractivity contribution in [2.45, 2.75) is 31.3 Å². The maximum atomic E-state index is 12.5. The molecule has 9 nitrogen and oxygen atoms in total. The predicted molar refractivity (Wildman–Crippen MR) is 119 cm³/mol. The summed E-state index contributed by atoms with van der Waals surface area (Å²) in [5, 5.41) is 5.52. The number of carbonyl (C=O) groups is 2. The molecular weight excluding hydrogens is 467 g/mol. The number of ether oxygens (including phenoxy) is 1. The van der Waals surface area contributed by atoms with E-state index in [0.29, 0.717) is 0 Å². The Kier molecular flexibility index (Phi) is 7.98. The number of hydrogen-bond donors (Lipinski definition) is 3. The van der Waals surface area contributed by atoms with E-state index >= 15 is 0 Å². The summed E-state index contributed by atoms with van der Waals surface area (Å²) in [7, 11) is -2.29. The molecule has 1 aromatic carbocycles. The van der Waals surface area contributed by atoms with E-state index in [1.807, 2.05) is 0 Å². The second-order valence-corrected chi connectivity index (χ2v) is 10.1. The van der Waals surface area contributed by atoms with Crippen LogP contribution in [0.2, 0.25) is 10.2 Å². The van der Waals surface area contributed by atoms with Crippen LogP contribution >= 0.6 is 23.2 Å². The van der Waals surface area contributed by atoms with Crippen molar-refractivity contribution >= 4 is 50.9 Å². The van der Waals surface area contributed by atoms with E-state index in [1.165, 1.54) is 28.8 Å². The summed E-state index contributed by atoms with van der Waals surface area (Å²) >= 11 is 11.9. The predicted octanol–water partition coefficient (Wildman–Crippen LogP) is 3.39. The minimum atomic E-state index is -3.87. The fourth-order valence-electron chi connectivity index (χ4n) is 2.44. The molecule has 12 heteroatoms. The SMILES string of the molecule is Cn1c(C(=O)Nc2cccc(S(=O)(=O)NCCNC(=O)OC(C)(C)C)c2)cc(Cl)c1Cl. The van der Waals surface area contributed by atoms with Gasteiger partial charge >= 0.3 is 6.09 Å². The van der Waals surface area contributed by atoms with Crippen molar-refractivity contribution < 1.29 is 22.7 Å². The number of alkyl carbamates (subject to hydrolysis) is 1. The number of nitrogens with one attached hydrogen (secondary N) is 3. The molecule has 2 rings (SSSR count). The first kappa shape index (κ1) is 25.0. The fraction of sp³-hybridized carbons (Fsp3) is 0.368. The van der Waals surface area contributed by atoms with E-state index in [4.69, 9.17) is 27.9 Å². The Balaban J connectivity index is 1.99. The van der Waals surface area contributed by atoms with Gasteiger partial charge in [0.2, 0.25) is 10.0 Å². The van der Waals surface area contributed by atoms with Crippen molar-refractivity contribution in [3.05, 3.63) is 46.2 Å². The molecule has 2 aromatic rings. The van der Waals surface area contributed by atoms with Gasteiger partial charge < -0.3 is 19.9 Å². The number of benzene rings is 1. The summed E-state index contributed by atoms with van der Waals surface area (Å²) in [6, 6.07) is 7.16. The maximum absolute atomic E-state index is 12.5. The lowest BCUT2D eigenvalue weighted by molar-refractivity contribution is 0.0528. The molecule has 170 valence electrons. The van der Waals surface area contributed by atoms with Crippen LogP contribution in [0.3, 0.4) is 0 Å². The van der Waals surface area contributed by atoms with Crippen molar-refractivity contribution in [2.24, 2.45) is 7.05 Å². The standard InChI is InChI=1S/C19H24Cl2N4O5S/c1-19(2,3)30-18(27)22-8-9-23-31(28,29)13-7-5-6-12(10-13)24-17(26)15-11-14(20)16(21)25(15)4/h5-7,10-11,23H,8-9H2,1-4H3,(H,22,27)(H,24,26). The van der Waals surface area contributed by atoms with Gasteiger partial charge in [0.1, 0.15) is 16.4 Å². The van der Waals surface area contributed by atoms with Crippen LogP contribution in [0.15, 0.2) is 35.2 Å². The van der Waals surface area contributed by atoms with E-state index in [2.05, 4.69) is 15.4 Å². The zero-order valence-corrected chi connectivity index (χ0v) is 19.8. The Labute approximate surface area is 191 Å². The van der Waals surface area contributed by atoms with Crippen LogP contribution in [-0.4, -0.2) is 43.7 Å². The number of aromatic nitrogens is 1. The van der Waals surface area contributed by atoms with Gasteiger partial charge in [-0.2, -0.15) is 0 Å². The van der Waals surface area contributed by atoms with Crippen LogP contribution in [0.25, 0.3) is 0 Å². The van der Waals surface area contributed by atoms with Crippen LogP contribution in [0.4, 0.5) is 10.5 Å². The molecule has 0 atom stereocenters. The Hall–Kier alpha value is -2.27. The summed E-state index contributed by atoms with van der Waals surface area (Å²) in [6.45, 7) is 5.17. The minimum Gasteiger partial charge on any atom is -0.444 e. The van der Waals surface area contributed by atoms with Gasteiger partial charge in [-0.25, -0.2) is 17.9 Å². The van der Waals surface area contributed by atoms with E-state index in [1.54, 1.807) is 33.9 Å². The van der Waals surface area contributed by atoms with Gasteiger partial charge in [-0.15, -0.1) is 0 Å². The highest BCUT2D eigenvalue weighted by Crippen LogP contribution is 2.26. The number of hydrogen-bond acceptors (Lipinski definition) is 5. The molecule has 1 aromatic heterocycles. The molecular formula is C19H24Cl2N4O5S. The summed E-state index contributed by atoms with van der Waals surface area (Å²) in [6.07, 6.45) is -0.641. The van der Waals surface area contributed by atoms with E-state index in [9.17, 15) is 18.0 Å². The lowest BCUT2D eigenvalue weighted by Crippen LogP contribution is -2.37. The molecule has 0 fully saturated rings. The van der Waals surface area contributed by atoms with Crippen LogP contribution in [0, 0.1) is 0 Å². The van der Waals surface area contributed by atoms with Crippen LogP contribution < -0.4 is 15.4 Å². The van der Waals surface area contributed by atoms with Crippen molar-refractivity contribution in [2.75, 3.05) is 18.4 Å². The topological polar surface area (TPSA) is 119 Å². The van der Waals surface area contributed by atoms with Gasteiger partial charge in [0.15, 0.2) is 0 Å². The van der Waals surface area contributed by atoms with Gasteiger partial charge in [-0.3, -0.25) is 4.79 Å². The second kappa shape index (κ2) is 9.90. The largest absolute Gasteiger partial charge is 0.444 e. The monoisotopic (exact) mass is 490 g/mol. The highest BCUT2D eigenvalue weighted by molar-refractivity contribution is 7.89. The van der Waals surface area contributed by atoms with Crippen molar-refractivity contribution in [3.63, 3.8) is 0 Å². The molecule has 2 amide bonds. The lowest BCUT2D eigenvalue weighted by Gasteiger charge is -2.19. The molecule has 0 radical (unpaired) electrons. The second-order valence-electron chi connectivity index (χ2n) is 7.54. The molecule has 0 unspecified atom stereocenters. The number of halogens is 2. The van der Waals surface area contributed by atoms with Gasteiger partial charge in [-0.1, -0.05) is 29.3 Å². The summed E-state index contributed by atoms with van der Waals surface area (Å²) in [5.74, 6) is -0.500. The fourth-order valence-corrected chi connectivity index (χ4v) is 3.90. The molecule has 0 saturated carbocycles. The highest BCUT2D eigenvalue weighted by atomic mass is 35.5. The summed E-state index contributed by atoms with van der Waals surface area (Å²) in [4.78, 5) is 24.0. The maximum Gasteiger partial charge on any atom is 0.407 e. The Bertz CT molecular complexity index is 1080. The molecule has 3 N–H and O–H groups in total. The Morgan fingerprint density at radius 2 is 1.81 bits per heavy atom. The first-order valence-electron chi connectivity index (χ1n) is 9.19. The van der Waals surface area contributed by atoms with Gasteiger partial charge in [0, 0.05) is 25.8 Å². The van der Waals surface area contributed by atoms with E-state index in [0.717, 1.165) is 0 Å². The van der Waals surface area contributed by atoms with Gasteiger partial charge in [-0.05, 0) is 45.0 Å². The number of rotatable bonds is 7. The summed E-state index contributed by atoms with van der Waals surface area (Å²) < 4.78 is 33.9. The third kappa shape index (κ3) is 7.13. The van der Waals surface area contributed by atoms with Crippen LogP contribution in [0.1, 0.15) is 31.3 Å². The lowest BCUT2D eigenvalue weighted by atomic mass is 10.2. The van der Waals surface area contributed by atoms with E-state index < -0.39 is 27.6 Å². The average molecular weight is 491 g/mol. The minimum absolute atomic E-state index is 0.0412. The zero-order valence-electron chi connectivity index (χ0n) is 17.5. The Morgan fingerprint density at radius 1 is 1.13 bits per heavy atom. The molecule has 1 heterocycles. The number of anilines is 1. The Morgan fingerprint density at radius 3 is 2.39 bits per heavy atom.